The van der Waals surface area contributed by atoms with Gasteiger partial charge in [0.25, 0.3) is 0 Å². The molecule has 1 fully saturated rings. The molecular formula is C16H26N2O2S. The number of aryl methyl sites for hydroxylation is 1. The Morgan fingerprint density at radius 2 is 2.05 bits per heavy atom. The maximum absolute atomic E-state index is 11.1. The first-order valence-corrected chi connectivity index (χ1v) is 8.77. The highest BCUT2D eigenvalue weighted by Crippen LogP contribution is 2.28. The Hall–Kier alpha value is -0.940. The molecule has 5 heteroatoms. The van der Waals surface area contributed by atoms with Crippen molar-refractivity contribution < 1.29 is 9.90 Å². The fraction of sp³-hybridized carbons (Fsp3) is 0.750. The zero-order valence-electron chi connectivity index (χ0n) is 13.3. The summed E-state index contributed by atoms with van der Waals surface area (Å²) >= 11 is 1.71. The van der Waals surface area contributed by atoms with E-state index in [1.165, 1.54) is 19.3 Å². The second-order valence-electron chi connectivity index (χ2n) is 6.10. The van der Waals surface area contributed by atoms with E-state index in [1.54, 1.807) is 11.3 Å². The first-order valence-electron chi connectivity index (χ1n) is 7.96. The minimum absolute atomic E-state index is 0.0478. The third-order valence-corrected chi connectivity index (χ3v) is 5.45. The van der Waals surface area contributed by atoms with Gasteiger partial charge in [-0.3, -0.25) is 9.69 Å². The molecule has 1 saturated heterocycles. The van der Waals surface area contributed by atoms with Crippen LogP contribution in [0.5, 0.6) is 0 Å². The number of hydrogen-bond acceptors (Lipinski definition) is 4. The molecule has 0 aromatic carbocycles. The summed E-state index contributed by atoms with van der Waals surface area (Å²) < 4.78 is 0. The van der Waals surface area contributed by atoms with Crippen LogP contribution in [0.25, 0.3) is 0 Å². The summed E-state index contributed by atoms with van der Waals surface area (Å²) in [6.45, 7) is 7.54. The van der Waals surface area contributed by atoms with Crippen molar-refractivity contribution in [3.8, 4) is 0 Å². The highest BCUT2D eigenvalue weighted by atomic mass is 32.1. The second-order valence-corrected chi connectivity index (χ2v) is 7.27. The average Bonchev–Trinajstić information content (AvgIpc) is 2.75. The highest BCUT2D eigenvalue weighted by molar-refractivity contribution is 7.11. The van der Waals surface area contributed by atoms with Crippen LogP contribution in [0.2, 0.25) is 0 Å². The number of nitrogens with zero attached hydrogens (tertiary/aromatic N) is 2. The van der Waals surface area contributed by atoms with E-state index < -0.39 is 5.97 Å². The SMILES string of the molecule is CCCc1nc(CC(=O)O)c(CN2C(C)CCCC2C)s1. The molecular weight excluding hydrogens is 284 g/mol. The van der Waals surface area contributed by atoms with Crippen molar-refractivity contribution in [3.05, 3.63) is 15.6 Å². The predicted molar refractivity (Wildman–Crippen MR) is 85.8 cm³/mol. The van der Waals surface area contributed by atoms with Gasteiger partial charge in [-0.05, 0) is 39.5 Å². The molecule has 0 aliphatic carbocycles. The van der Waals surface area contributed by atoms with Gasteiger partial charge in [-0.15, -0.1) is 11.3 Å². The van der Waals surface area contributed by atoms with Gasteiger partial charge in [0.2, 0.25) is 0 Å². The van der Waals surface area contributed by atoms with Crippen molar-refractivity contribution in [1.29, 1.82) is 0 Å². The van der Waals surface area contributed by atoms with Crippen molar-refractivity contribution in [2.45, 2.75) is 77.9 Å². The van der Waals surface area contributed by atoms with Crippen LogP contribution >= 0.6 is 11.3 Å². The van der Waals surface area contributed by atoms with Crippen LogP contribution in [0.15, 0.2) is 0 Å². The van der Waals surface area contributed by atoms with Crippen molar-refractivity contribution in [2.75, 3.05) is 0 Å². The number of hydrogen-bond donors (Lipinski definition) is 1. The molecule has 1 aromatic heterocycles. The molecule has 0 spiro atoms. The van der Waals surface area contributed by atoms with E-state index in [-0.39, 0.29) is 6.42 Å². The van der Waals surface area contributed by atoms with Crippen LogP contribution in [0.3, 0.4) is 0 Å². The van der Waals surface area contributed by atoms with Crippen molar-refractivity contribution in [1.82, 2.24) is 9.88 Å². The Morgan fingerprint density at radius 1 is 1.38 bits per heavy atom. The van der Waals surface area contributed by atoms with Gasteiger partial charge in [-0.1, -0.05) is 13.3 Å². The summed E-state index contributed by atoms with van der Waals surface area (Å²) in [5, 5.41) is 10.2. The maximum atomic E-state index is 11.1. The Balaban J connectivity index is 2.18. The van der Waals surface area contributed by atoms with E-state index in [2.05, 4.69) is 30.7 Å². The molecule has 1 aromatic rings. The number of rotatable bonds is 6. The number of likely N-dealkylation sites (tertiary alicyclic amines) is 1. The molecule has 1 aliphatic heterocycles. The number of aliphatic carboxylic acids is 1. The van der Waals surface area contributed by atoms with Crippen molar-refractivity contribution >= 4 is 17.3 Å². The molecule has 0 bridgehead atoms. The molecule has 118 valence electrons. The fourth-order valence-electron chi connectivity index (χ4n) is 3.11. The van der Waals surface area contributed by atoms with E-state index >= 15 is 0 Å². The minimum Gasteiger partial charge on any atom is -0.481 e. The summed E-state index contributed by atoms with van der Waals surface area (Å²) in [5.41, 5.74) is 0.779. The summed E-state index contributed by atoms with van der Waals surface area (Å²) in [6, 6.07) is 1.14. The molecule has 21 heavy (non-hydrogen) atoms. The fourth-order valence-corrected chi connectivity index (χ4v) is 4.31. The van der Waals surface area contributed by atoms with Crippen LogP contribution in [0.1, 0.15) is 62.0 Å². The highest BCUT2D eigenvalue weighted by Gasteiger charge is 2.26. The van der Waals surface area contributed by atoms with Crippen molar-refractivity contribution in [3.63, 3.8) is 0 Å². The lowest BCUT2D eigenvalue weighted by Crippen LogP contribution is -2.42. The first-order chi connectivity index (χ1) is 10.0. The van der Waals surface area contributed by atoms with Gasteiger partial charge < -0.3 is 5.11 Å². The number of carboxylic acid groups (broad SMARTS) is 1. The smallest absolute Gasteiger partial charge is 0.309 e. The van der Waals surface area contributed by atoms with Gasteiger partial charge >= 0.3 is 5.97 Å². The zero-order valence-corrected chi connectivity index (χ0v) is 14.1. The standard InChI is InChI=1S/C16H26N2O2S/c1-4-6-15-17-13(9-16(19)20)14(21-15)10-18-11(2)7-5-8-12(18)3/h11-12H,4-10H2,1-3H3,(H,19,20). The van der Waals surface area contributed by atoms with Gasteiger partial charge in [-0.2, -0.15) is 0 Å². The molecule has 2 heterocycles. The lowest BCUT2D eigenvalue weighted by molar-refractivity contribution is -0.136. The number of thiazole rings is 1. The van der Waals surface area contributed by atoms with Crippen LogP contribution in [0.4, 0.5) is 0 Å². The molecule has 0 amide bonds. The predicted octanol–water partition coefficient (Wildman–Crippen LogP) is 3.49. The van der Waals surface area contributed by atoms with Crippen molar-refractivity contribution in [2.24, 2.45) is 0 Å². The third-order valence-electron chi connectivity index (χ3n) is 4.31. The number of aromatic nitrogens is 1. The Bertz CT molecular complexity index is 477. The van der Waals surface area contributed by atoms with Crippen LogP contribution in [0, 0.1) is 0 Å². The Morgan fingerprint density at radius 3 is 2.62 bits per heavy atom. The zero-order chi connectivity index (χ0) is 15.4. The number of carboxylic acids is 1. The topological polar surface area (TPSA) is 53.4 Å². The third kappa shape index (κ3) is 4.27. The first kappa shape index (κ1) is 16.4. The molecule has 1 N–H and O–H groups in total. The number of carbonyl (C=O) groups is 1. The van der Waals surface area contributed by atoms with Gasteiger partial charge in [-0.25, -0.2) is 4.98 Å². The average molecular weight is 310 g/mol. The maximum Gasteiger partial charge on any atom is 0.309 e. The normalized spacial score (nSPS) is 23.4. The van der Waals surface area contributed by atoms with Gasteiger partial charge in [0, 0.05) is 23.5 Å². The molecule has 2 unspecified atom stereocenters. The monoisotopic (exact) mass is 310 g/mol. The molecule has 4 nitrogen and oxygen atoms in total. The lowest BCUT2D eigenvalue weighted by Gasteiger charge is -2.38. The minimum atomic E-state index is -0.788. The molecule has 1 aliphatic rings. The largest absolute Gasteiger partial charge is 0.481 e. The molecule has 2 rings (SSSR count). The van der Waals surface area contributed by atoms with Gasteiger partial charge in [0.05, 0.1) is 17.1 Å². The lowest BCUT2D eigenvalue weighted by atomic mass is 9.97. The molecule has 0 saturated carbocycles. The van der Waals surface area contributed by atoms with E-state index in [4.69, 9.17) is 5.11 Å². The summed E-state index contributed by atoms with van der Waals surface area (Å²) in [7, 11) is 0. The van der Waals surface area contributed by atoms with Gasteiger partial charge in [0.15, 0.2) is 0 Å². The van der Waals surface area contributed by atoms with Crippen LogP contribution < -0.4 is 0 Å². The number of piperidine rings is 1. The second kappa shape index (κ2) is 7.36. The molecule has 2 atom stereocenters. The van der Waals surface area contributed by atoms with E-state index in [1.807, 2.05) is 0 Å². The summed E-state index contributed by atoms with van der Waals surface area (Å²) in [4.78, 5) is 19.3. The van der Waals surface area contributed by atoms with Crippen LogP contribution in [-0.4, -0.2) is 33.0 Å². The van der Waals surface area contributed by atoms with E-state index in [9.17, 15) is 4.79 Å². The van der Waals surface area contributed by atoms with E-state index in [0.29, 0.717) is 12.1 Å². The molecule has 0 radical (unpaired) electrons. The summed E-state index contributed by atoms with van der Waals surface area (Å²) in [6.07, 6.45) is 5.81. The van der Waals surface area contributed by atoms with Crippen LogP contribution in [-0.2, 0) is 24.2 Å². The summed E-state index contributed by atoms with van der Waals surface area (Å²) in [5.74, 6) is -0.788. The quantitative estimate of drug-likeness (QED) is 0.874. The van der Waals surface area contributed by atoms with E-state index in [0.717, 1.165) is 35.0 Å². The Kier molecular flexibility index (Phi) is 5.76. The van der Waals surface area contributed by atoms with Gasteiger partial charge in [0.1, 0.15) is 0 Å². The Labute approximate surface area is 131 Å².